The van der Waals surface area contributed by atoms with Gasteiger partial charge in [0.1, 0.15) is 0 Å². The number of rotatable bonds is 4. The van der Waals surface area contributed by atoms with Crippen LogP contribution in [0.15, 0.2) is 29.3 Å². The van der Waals surface area contributed by atoms with Crippen molar-refractivity contribution in [1.29, 1.82) is 0 Å². The van der Waals surface area contributed by atoms with Crippen molar-refractivity contribution in [3.05, 3.63) is 29.8 Å². The molecule has 2 N–H and O–H groups in total. The second-order valence-electron chi connectivity index (χ2n) is 6.15. The molecule has 0 aromatic heterocycles. The molecule has 0 radical (unpaired) electrons. The third-order valence-corrected chi connectivity index (χ3v) is 4.16. The molecule has 1 aromatic carbocycles. The van der Waals surface area contributed by atoms with Crippen LogP contribution in [0.4, 0.5) is 5.69 Å². The van der Waals surface area contributed by atoms with Crippen LogP contribution in [0.1, 0.15) is 31.7 Å². The van der Waals surface area contributed by atoms with Gasteiger partial charge in [-0.15, -0.1) is 24.0 Å². The fourth-order valence-corrected chi connectivity index (χ4v) is 2.77. The van der Waals surface area contributed by atoms with E-state index in [1.165, 1.54) is 30.5 Å². The summed E-state index contributed by atoms with van der Waals surface area (Å²) >= 11 is 0. The molecule has 1 saturated heterocycles. The van der Waals surface area contributed by atoms with Crippen LogP contribution in [0.25, 0.3) is 0 Å². The Morgan fingerprint density at radius 3 is 2.45 bits per heavy atom. The van der Waals surface area contributed by atoms with Crippen molar-refractivity contribution in [2.75, 3.05) is 24.5 Å². The van der Waals surface area contributed by atoms with E-state index in [1.807, 2.05) is 0 Å². The minimum absolute atomic E-state index is 0. The van der Waals surface area contributed by atoms with Gasteiger partial charge in [0, 0.05) is 37.4 Å². The lowest BCUT2D eigenvalue weighted by Gasteiger charge is -2.20. The van der Waals surface area contributed by atoms with Gasteiger partial charge in [-0.3, -0.25) is 4.99 Å². The van der Waals surface area contributed by atoms with Gasteiger partial charge in [-0.25, -0.2) is 0 Å². The number of nitrogens with zero attached hydrogens (tertiary/aromatic N) is 2. The number of anilines is 1. The Balaban J connectivity index is 0.00000176. The highest BCUT2D eigenvalue weighted by atomic mass is 127. The van der Waals surface area contributed by atoms with Gasteiger partial charge in [-0.1, -0.05) is 17.7 Å². The Morgan fingerprint density at radius 2 is 1.82 bits per heavy atom. The van der Waals surface area contributed by atoms with E-state index in [4.69, 9.17) is 0 Å². The van der Waals surface area contributed by atoms with Crippen LogP contribution in [0.2, 0.25) is 0 Å². The SMILES string of the molecule is CCN=C(NC1CC1)NC1CCN(c2ccc(C)cc2)C1.I. The standard InChI is InChI=1S/C17H26N4.HI/c1-3-18-17(19-14-6-7-14)20-15-10-11-21(12-15)16-8-4-13(2)5-9-16;/h4-5,8-9,14-15H,3,6-7,10-12H2,1-2H3,(H2,18,19,20);1H. The molecule has 1 unspecified atom stereocenters. The first kappa shape index (κ1) is 17.4. The van der Waals surface area contributed by atoms with E-state index in [0.717, 1.165) is 25.6 Å². The summed E-state index contributed by atoms with van der Waals surface area (Å²) in [5.41, 5.74) is 2.65. The molecule has 1 heterocycles. The maximum atomic E-state index is 4.55. The Labute approximate surface area is 150 Å². The van der Waals surface area contributed by atoms with Crippen molar-refractivity contribution in [2.24, 2.45) is 4.99 Å². The first-order valence-electron chi connectivity index (χ1n) is 8.13. The van der Waals surface area contributed by atoms with E-state index >= 15 is 0 Å². The average Bonchev–Trinajstić information content (AvgIpc) is 3.16. The Morgan fingerprint density at radius 1 is 1.14 bits per heavy atom. The summed E-state index contributed by atoms with van der Waals surface area (Å²) in [6.07, 6.45) is 3.73. The Bertz CT molecular complexity index is 496. The zero-order chi connectivity index (χ0) is 14.7. The van der Waals surface area contributed by atoms with Crippen LogP contribution in [-0.2, 0) is 0 Å². The molecule has 2 fully saturated rings. The van der Waals surface area contributed by atoms with Gasteiger partial charge in [-0.2, -0.15) is 0 Å². The number of aliphatic imine (C=N–C) groups is 1. The minimum atomic E-state index is 0. The van der Waals surface area contributed by atoms with E-state index in [2.05, 4.69) is 58.6 Å². The largest absolute Gasteiger partial charge is 0.369 e. The zero-order valence-corrected chi connectivity index (χ0v) is 15.8. The molecule has 1 saturated carbocycles. The van der Waals surface area contributed by atoms with E-state index in [1.54, 1.807) is 0 Å². The quantitative estimate of drug-likeness (QED) is 0.452. The van der Waals surface area contributed by atoms with E-state index in [-0.39, 0.29) is 24.0 Å². The molecular weight excluding hydrogens is 387 g/mol. The van der Waals surface area contributed by atoms with Crippen LogP contribution in [0, 0.1) is 6.92 Å². The average molecular weight is 414 g/mol. The number of guanidine groups is 1. The number of aryl methyl sites for hydroxylation is 1. The molecule has 122 valence electrons. The molecule has 1 aliphatic carbocycles. The van der Waals surface area contributed by atoms with Crippen LogP contribution in [0.5, 0.6) is 0 Å². The highest BCUT2D eigenvalue weighted by molar-refractivity contribution is 14.0. The molecule has 4 nitrogen and oxygen atoms in total. The van der Waals surface area contributed by atoms with Crippen LogP contribution in [0.3, 0.4) is 0 Å². The van der Waals surface area contributed by atoms with Crippen molar-refractivity contribution >= 4 is 35.6 Å². The predicted octanol–water partition coefficient (Wildman–Crippen LogP) is 2.91. The van der Waals surface area contributed by atoms with Crippen LogP contribution >= 0.6 is 24.0 Å². The van der Waals surface area contributed by atoms with Crippen LogP contribution < -0.4 is 15.5 Å². The fraction of sp³-hybridized carbons (Fsp3) is 0.588. The highest BCUT2D eigenvalue weighted by Crippen LogP contribution is 2.21. The maximum Gasteiger partial charge on any atom is 0.191 e. The summed E-state index contributed by atoms with van der Waals surface area (Å²) in [6, 6.07) is 9.96. The van der Waals surface area contributed by atoms with Gasteiger partial charge >= 0.3 is 0 Å². The molecule has 0 amide bonds. The number of halogens is 1. The van der Waals surface area contributed by atoms with E-state index in [9.17, 15) is 0 Å². The number of hydrogen-bond donors (Lipinski definition) is 2. The third kappa shape index (κ3) is 4.76. The minimum Gasteiger partial charge on any atom is -0.369 e. The molecule has 0 bridgehead atoms. The van der Waals surface area contributed by atoms with Gasteiger partial charge in [0.25, 0.3) is 0 Å². The fourth-order valence-electron chi connectivity index (χ4n) is 2.77. The van der Waals surface area contributed by atoms with Crippen molar-refractivity contribution in [2.45, 2.75) is 45.2 Å². The number of benzene rings is 1. The van der Waals surface area contributed by atoms with Crippen molar-refractivity contribution in [3.8, 4) is 0 Å². The smallest absolute Gasteiger partial charge is 0.191 e. The zero-order valence-electron chi connectivity index (χ0n) is 13.5. The molecule has 1 atom stereocenters. The maximum absolute atomic E-state index is 4.55. The predicted molar refractivity (Wildman–Crippen MR) is 104 cm³/mol. The molecule has 3 rings (SSSR count). The molecular formula is C17H27IN4. The number of nitrogens with one attached hydrogen (secondary N) is 2. The van der Waals surface area contributed by atoms with Gasteiger partial charge in [-0.05, 0) is 45.2 Å². The molecule has 1 aliphatic heterocycles. The summed E-state index contributed by atoms with van der Waals surface area (Å²) < 4.78 is 0. The lowest BCUT2D eigenvalue weighted by atomic mass is 10.2. The first-order chi connectivity index (χ1) is 10.2. The summed E-state index contributed by atoms with van der Waals surface area (Å²) in [5.74, 6) is 0.996. The van der Waals surface area contributed by atoms with E-state index < -0.39 is 0 Å². The van der Waals surface area contributed by atoms with Gasteiger partial charge in [0.15, 0.2) is 5.96 Å². The second kappa shape index (κ2) is 8.04. The summed E-state index contributed by atoms with van der Waals surface area (Å²) in [6.45, 7) is 7.22. The Kier molecular flexibility index (Phi) is 6.35. The van der Waals surface area contributed by atoms with Gasteiger partial charge < -0.3 is 15.5 Å². The summed E-state index contributed by atoms with van der Waals surface area (Å²) in [5, 5.41) is 7.10. The second-order valence-corrected chi connectivity index (χ2v) is 6.15. The molecule has 5 heteroatoms. The highest BCUT2D eigenvalue weighted by Gasteiger charge is 2.26. The number of hydrogen-bond acceptors (Lipinski definition) is 2. The van der Waals surface area contributed by atoms with Crippen molar-refractivity contribution in [1.82, 2.24) is 10.6 Å². The van der Waals surface area contributed by atoms with E-state index in [0.29, 0.717) is 12.1 Å². The summed E-state index contributed by atoms with van der Waals surface area (Å²) in [4.78, 5) is 7.01. The molecule has 2 aliphatic rings. The first-order valence-corrected chi connectivity index (χ1v) is 8.13. The molecule has 0 spiro atoms. The van der Waals surface area contributed by atoms with Gasteiger partial charge in [0.2, 0.25) is 0 Å². The lowest BCUT2D eigenvalue weighted by molar-refractivity contribution is 0.646. The lowest BCUT2D eigenvalue weighted by Crippen LogP contribution is -2.45. The monoisotopic (exact) mass is 414 g/mol. The third-order valence-electron chi connectivity index (χ3n) is 4.16. The van der Waals surface area contributed by atoms with Crippen LogP contribution in [-0.4, -0.2) is 37.7 Å². The summed E-state index contributed by atoms with van der Waals surface area (Å²) in [7, 11) is 0. The van der Waals surface area contributed by atoms with Crippen molar-refractivity contribution < 1.29 is 0 Å². The molecule has 1 aromatic rings. The van der Waals surface area contributed by atoms with Crippen molar-refractivity contribution in [3.63, 3.8) is 0 Å². The van der Waals surface area contributed by atoms with Gasteiger partial charge in [0.05, 0.1) is 0 Å². The Hall–Kier alpha value is -0.980. The topological polar surface area (TPSA) is 39.7 Å². The molecule has 22 heavy (non-hydrogen) atoms. The normalized spacial score (nSPS) is 21.5.